The summed E-state index contributed by atoms with van der Waals surface area (Å²) in [5.74, 6) is -0.227. The Balaban J connectivity index is 1.83. The van der Waals surface area contributed by atoms with Gasteiger partial charge in [-0.2, -0.15) is 0 Å². The average Bonchev–Trinajstić information content (AvgIpc) is 3.03. The number of rotatable bonds is 13. The van der Waals surface area contributed by atoms with E-state index in [0.717, 1.165) is 26.6 Å². The molecule has 9 heteroatoms. The molecule has 0 unspecified atom stereocenters. The molecule has 0 heterocycles. The van der Waals surface area contributed by atoms with Gasteiger partial charge in [-0.25, -0.2) is 8.42 Å². The maximum absolute atomic E-state index is 14.6. The minimum atomic E-state index is -4.17. The number of aryl methyl sites for hydroxylation is 3. The molecular formula is C36H41N3O5S. The molecule has 0 bridgehead atoms. The Morgan fingerprint density at radius 1 is 0.822 bits per heavy atom. The van der Waals surface area contributed by atoms with E-state index in [4.69, 9.17) is 4.74 Å². The molecule has 0 fully saturated rings. The highest BCUT2D eigenvalue weighted by Gasteiger charge is 2.35. The molecule has 0 aliphatic heterocycles. The van der Waals surface area contributed by atoms with Crippen LogP contribution in [0.5, 0.6) is 5.75 Å². The molecular weight excluding hydrogens is 586 g/mol. The monoisotopic (exact) mass is 627 g/mol. The van der Waals surface area contributed by atoms with Crippen LogP contribution in [0.4, 0.5) is 5.69 Å². The summed E-state index contributed by atoms with van der Waals surface area (Å²) in [4.78, 5) is 29.8. The molecule has 8 nitrogen and oxygen atoms in total. The highest BCUT2D eigenvalue weighted by atomic mass is 32.2. The van der Waals surface area contributed by atoms with Gasteiger partial charge in [0.25, 0.3) is 10.0 Å². The van der Waals surface area contributed by atoms with Gasteiger partial charge in [0.15, 0.2) is 0 Å². The fourth-order valence-corrected chi connectivity index (χ4v) is 6.62. The fourth-order valence-electron chi connectivity index (χ4n) is 5.15. The van der Waals surface area contributed by atoms with E-state index in [0.29, 0.717) is 23.5 Å². The van der Waals surface area contributed by atoms with Gasteiger partial charge in [0.05, 0.1) is 17.7 Å². The van der Waals surface area contributed by atoms with Gasteiger partial charge in [-0.15, -0.1) is 0 Å². The number of carbonyl (C=O) groups is 2. The van der Waals surface area contributed by atoms with Crippen LogP contribution in [-0.2, 0) is 32.6 Å². The first-order valence-corrected chi connectivity index (χ1v) is 16.4. The Hall–Kier alpha value is -4.63. The zero-order chi connectivity index (χ0) is 32.6. The molecule has 1 atom stereocenters. The Bertz CT molecular complexity index is 1720. The molecule has 45 heavy (non-hydrogen) atoms. The van der Waals surface area contributed by atoms with Gasteiger partial charge in [0.1, 0.15) is 18.3 Å². The second kappa shape index (κ2) is 14.9. The third kappa shape index (κ3) is 8.30. The molecule has 4 rings (SSSR count). The van der Waals surface area contributed by atoms with Crippen molar-refractivity contribution in [1.82, 2.24) is 10.2 Å². The molecule has 236 valence electrons. The van der Waals surface area contributed by atoms with Crippen LogP contribution in [0.15, 0.2) is 102 Å². The van der Waals surface area contributed by atoms with Crippen LogP contribution in [-0.4, -0.2) is 51.4 Å². The molecule has 2 amide bonds. The molecule has 4 aromatic carbocycles. The summed E-state index contributed by atoms with van der Waals surface area (Å²) in [7, 11) is -2.61. The van der Waals surface area contributed by atoms with Crippen LogP contribution in [0, 0.1) is 20.8 Å². The van der Waals surface area contributed by atoms with Gasteiger partial charge < -0.3 is 15.0 Å². The van der Waals surface area contributed by atoms with Gasteiger partial charge >= 0.3 is 0 Å². The van der Waals surface area contributed by atoms with Crippen LogP contribution in [0.25, 0.3) is 0 Å². The van der Waals surface area contributed by atoms with Crippen LogP contribution < -0.4 is 14.4 Å². The molecule has 0 saturated heterocycles. The van der Waals surface area contributed by atoms with Gasteiger partial charge in [-0.3, -0.25) is 13.9 Å². The normalized spacial score (nSPS) is 11.8. The van der Waals surface area contributed by atoms with E-state index in [1.54, 1.807) is 43.5 Å². The van der Waals surface area contributed by atoms with E-state index in [-0.39, 0.29) is 23.8 Å². The van der Waals surface area contributed by atoms with E-state index < -0.39 is 28.5 Å². The molecule has 0 saturated carbocycles. The largest absolute Gasteiger partial charge is 0.497 e. The lowest BCUT2D eigenvalue weighted by atomic mass is 10.0. The summed E-state index contributed by atoms with van der Waals surface area (Å²) in [6, 6.07) is 27.9. The molecule has 0 aliphatic carbocycles. The van der Waals surface area contributed by atoms with Crippen molar-refractivity contribution in [3.63, 3.8) is 0 Å². The van der Waals surface area contributed by atoms with Gasteiger partial charge in [0, 0.05) is 19.5 Å². The maximum atomic E-state index is 14.6. The summed E-state index contributed by atoms with van der Waals surface area (Å²) in [5.41, 5.74) is 4.49. The Kier molecular flexibility index (Phi) is 11.0. The summed E-state index contributed by atoms with van der Waals surface area (Å²) in [6.45, 7) is 7.33. The Morgan fingerprint density at radius 3 is 2.16 bits per heavy atom. The average molecular weight is 628 g/mol. The maximum Gasteiger partial charge on any atom is 0.264 e. The second-order valence-electron chi connectivity index (χ2n) is 11.1. The van der Waals surface area contributed by atoms with Crippen LogP contribution >= 0.6 is 0 Å². The van der Waals surface area contributed by atoms with E-state index in [9.17, 15) is 18.0 Å². The minimum Gasteiger partial charge on any atom is -0.497 e. The van der Waals surface area contributed by atoms with E-state index >= 15 is 0 Å². The van der Waals surface area contributed by atoms with Crippen molar-refractivity contribution < 1.29 is 22.7 Å². The van der Waals surface area contributed by atoms with Crippen molar-refractivity contribution in [3.8, 4) is 5.75 Å². The lowest BCUT2D eigenvalue weighted by molar-refractivity contribution is -0.140. The third-order valence-corrected chi connectivity index (χ3v) is 9.40. The lowest BCUT2D eigenvalue weighted by Gasteiger charge is -2.34. The predicted molar refractivity (Wildman–Crippen MR) is 178 cm³/mol. The number of sulfonamides is 1. The summed E-state index contributed by atoms with van der Waals surface area (Å²) < 4.78 is 35.1. The van der Waals surface area contributed by atoms with Gasteiger partial charge in [-0.05, 0) is 80.3 Å². The summed E-state index contributed by atoms with van der Waals surface area (Å²) >= 11 is 0. The van der Waals surface area contributed by atoms with Crippen molar-refractivity contribution in [2.24, 2.45) is 0 Å². The van der Waals surface area contributed by atoms with Crippen LogP contribution in [0.3, 0.4) is 0 Å². The van der Waals surface area contributed by atoms with Crippen molar-refractivity contribution in [2.45, 2.75) is 51.6 Å². The first-order valence-electron chi connectivity index (χ1n) is 14.9. The van der Waals surface area contributed by atoms with Crippen molar-refractivity contribution in [1.29, 1.82) is 0 Å². The molecule has 4 aromatic rings. The van der Waals surface area contributed by atoms with Gasteiger partial charge in [0.2, 0.25) is 11.8 Å². The zero-order valence-corrected chi connectivity index (χ0v) is 27.3. The standard InChI is InChI=1S/C36H41N3O5S/c1-6-37-36(41)34(23-29-11-8-7-9-12-29)38(24-30-13-10-14-31(22-30)44-5)35(40)25-39(33-21-27(3)15-18-28(33)4)45(42,43)32-19-16-26(2)17-20-32/h7-22,34H,6,23-25H2,1-5H3,(H,37,41)/t34-/m0/s1. The molecule has 0 aromatic heterocycles. The third-order valence-electron chi connectivity index (χ3n) is 7.63. The molecule has 1 N–H and O–H groups in total. The van der Waals surface area contributed by atoms with Crippen LogP contribution in [0.1, 0.15) is 34.7 Å². The molecule has 0 aliphatic rings. The number of hydrogen-bond donors (Lipinski definition) is 1. The summed E-state index contributed by atoms with van der Waals surface area (Å²) in [5, 5.41) is 2.88. The highest BCUT2D eigenvalue weighted by molar-refractivity contribution is 7.92. The Labute approximate surface area is 266 Å². The number of ether oxygens (including phenoxy) is 1. The quantitative estimate of drug-likeness (QED) is 0.209. The van der Waals surface area contributed by atoms with Gasteiger partial charge in [-0.1, -0.05) is 72.3 Å². The number of amides is 2. The van der Waals surface area contributed by atoms with Crippen LogP contribution in [0.2, 0.25) is 0 Å². The second-order valence-corrected chi connectivity index (χ2v) is 13.0. The first kappa shape index (κ1) is 33.3. The zero-order valence-electron chi connectivity index (χ0n) is 26.5. The minimum absolute atomic E-state index is 0.0654. The summed E-state index contributed by atoms with van der Waals surface area (Å²) in [6.07, 6.45) is 0.247. The smallest absolute Gasteiger partial charge is 0.264 e. The first-order chi connectivity index (χ1) is 21.5. The predicted octanol–water partition coefficient (Wildman–Crippen LogP) is 5.59. The number of nitrogens with one attached hydrogen (secondary N) is 1. The lowest BCUT2D eigenvalue weighted by Crippen LogP contribution is -2.53. The number of nitrogens with zero attached hydrogens (tertiary/aromatic N) is 2. The topological polar surface area (TPSA) is 96.0 Å². The Morgan fingerprint density at radius 2 is 1.49 bits per heavy atom. The number of likely N-dealkylation sites (N-methyl/N-ethyl adjacent to an activating group) is 1. The van der Waals surface area contributed by atoms with Crippen molar-refractivity contribution in [3.05, 3.63) is 125 Å². The number of hydrogen-bond acceptors (Lipinski definition) is 5. The fraction of sp³-hybridized carbons (Fsp3) is 0.278. The SMILES string of the molecule is CCNC(=O)[C@H](Cc1ccccc1)N(Cc1cccc(OC)c1)C(=O)CN(c1cc(C)ccc1C)S(=O)(=O)c1ccc(C)cc1. The number of benzene rings is 4. The van der Waals surface area contributed by atoms with E-state index in [2.05, 4.69) is 5.32 Å². The van der Waals surface area contributed by atoms with Crippen molar-refractivity contribution in [2.75, 3.05) is 24.5 Å². The van der Waals surface area contributed by atoms with Crippen molar-refractivity contribution >= 4 is 27.5 Å². The number of anilines is 1. The molecule has 0 spiro atoms. The molecule has 0 radical (unpaired) electrons. The number of methoxy groups -OCH3 is 1. The number of carbonyl (C=O) groups excluding carboxylic acids is 2. The van der Waals surface area contributed by atoms with E-state index in [1.165, 1.54) is 4.90 Å². The van der Waals surface area contributed by atoms with E-state index in [1.807, 2.05) is 88.4 Å². The highest BCUT2D eigenvalue weighted by Crippen LogP contribution is 2.29.